The smallest absolute Gasteiger partial charge is 0.289 e. The van der Waals surface area contributed by atoms with Crippen molar-refractivity contribution in [3.05, 3.63) is 27.4 Å². The van der Waals surface area contributed by atoms with Gasteiger partial charge in [-0.1, -0.05) is 18.5 Å². The molecule has 1 fully saturated rings. The molecule has 0 aromatic carbocycles. The number of aromatic nitrogens is 1. The van der Waals surface area contributed by atoms with Gasteiger partial charge in [-0.3, -0.25) is 10.1 Å². The molecule has 19 heavy (non-hydrogen) atoms. The predicted molar refractivity (Wildman–Crippen MR) is 74.5 cm³/mol. The first kappa shape index (κ1) is 14.0. The van der Waals surface area contributed by atoms with Crippen LogP contribution in [0.1, 0.15) is 19.8 Å². The summed E-state index contributed by atoms with van der Waals surface area (Å²) in [7, 11) is 0. The summed E-state index contributed by atoms with van der Waals surface area (Å²) in [6, 6.07) is 1.53. The molecule has 2 atom stereocenters. The predicted octanol–water partition coefficient (Wildman–Crippen LogP) is 2.21. The maximum Gasteiger partial charge on any atom is 0.289 e. The number of rotatable bonds is 3. The van der Waals surface area contributed by atoms with Crippen molar-refractivity contribution in [2.45, 2.75) is 25.8 Å². The Balaban J connectivity index is 2.28. The maximum absolute atomic E-state index is 10.7. The molecule has 104 valence electrons. The number of piperidine rings is 1. The van der Waals surface area contributed by atoms with Crippen LogP contribution in [0, 0.1) is 16.0 Å². The number of pyridine rings is 1. The molecule has 7 heteroatoms. The molecule has 2 heterocycles. The first-order chi connectivity index (χ1) is 9.02. The van der Waals surface area contributed by atoms with E-state index in [1.54, 1.807) is 0 Å². The first-order valence-corrected chi connectivity index (χ1v) is 6.67. The number of anilines is 1. The van der Waals surface area contributed by atoms with Crippen LogP contribution in [0.25, 0.3) is 0 Å². The largest absolute Gasteiger partial charge is 0.351 e. The Labute approximate surface area is 116 Å². The van der Waals surface area contributed by atoms with E-state index in [-0.39, 0.29) is 11.7 Å². The molecule has 2 rings (SSSR count). The van der Waals surface area contributed by atoms with Crippen LogP contribution in [0.3, 0.4) is 0 Å². The highest BCUT2D eigenvalue weighted by atomic mass is 35.5. The highest BCUT2D eigenvalue weighted by Crippen LogP contribution is 2.32. The Bertz CT molecular complexity index is 483. The summed E-state index contributed by atoms with van der Waals surface area (Å²) >= 11 is 6.12. The van der Waals surface area contributed by atoms with Gasteiger partial charge in [0.15, 0.2) is 0 Å². The van der Waals surface area contributed by atoms with Crippen LogP contribution in [0.15, 0.2) is 12.3 Å². The summed E-state index contributed by atoms with van der Waals surface area (Å²) < 4.78 is 0. The number of hydrogen-bond donors (Lipinski definition) is 1. The second kappa shape index (κ2) is 5.71. The normalized spacial score (nSPS) is 23.4. The van der Waals surface area contributed by atoms with Gasteiger partial charge in [0, 0.05) is 25.2 Å². The van der Waals surface area contributed by atoms with Gasteiger partial charge in [0.2, 0.25) is 0 Å². The third kappa shape index (κ3) is 2.96. The molecule has 1 aliphatic rings. The fourth-order valence-corrected chi connectivity index (χ4v) is 2.75. The zero-order valence-electron chi connectivity index (χ0n) is 10.8. The highest BCUT2D eigenvalue weighted by Gasteiger charge is 2.28. The fraction of sp³-hybridized carbons (Fsp3) is 0.583. The van der Waals surface area contributed by atoms with Crippen LogP contribution in [-0.4, -0.2) is 29.0 Å². The van der Waals surface area contributed by atoms with Gasteiger partial charge in [-0.25, -0.2) is 4.98 Å². The third-order valence-electron chi connectivity index (χ3n) is 3.54. The Morgan fingerprint density at radius 2 is 2.42 bits per heavy atom. The summed E-state index contributed by atoms with van der Waals surface area (Å²) in [5.74, 6) is 1.22. The molecule has 1 aliphatic heterocycles. The van der Waals surface area contributed by atoms with Crippen LogP contribution in [-0.2, 0) is 0 Å². The Hall–Kier alpha value is -1.40. The number of halogens is 1. The fourth-order valence-electron chi connectivity index (χ4n) is 2.49. The van der Waals surface area contributed by atoms with Crippen molar-refractivity contribution in [1.82, 2.24) is 4.98 Å². The minimum atomic E-state index is -0.499. The van der Waals surface area contributed by atoms with E-state index in [1.807, 2.05) is 0 Å². The van der Waals surface area contributed by atoms with Crippen molar-refractivity contribution in [3.63, 3.8) is 0 Å². The molecular formula is C12H17ClN4O2. The molecule has 1 aromatic rings. The van der Waals surface area contributed by atoms with Gasteiger partial charge in [0.1, 0.15) is 12.0 Å². The van der Waals surface area contributed by atoms with E-state index >= 15 is 0 Å². The number of nitro groups is 1. The molecular weight excluding hydrogens is 268 g/mol. The van der Waals surface area contributed by atoms with E-state index in [9.17, 15) is 10.1 Å². The standard InChI is InChI=1S/C12H17ClN4O2/c1-8-2-3-16(9(4-8)6-14)12-11(13)5-10(7-15-12)17(18)19/h5,7-9H,2-4,6,14H2,1H3. The molecule has 0 bridgehead atoms. The number of hydrogen-bond acceptors (Lipinski definition) is 5. The van der Waals surface area contributed by atoms with E-state index in [0.29, 0.717) is 23.3 Å². The first-order valence-electron chi connectivity index (χ1n) is 6.29. The van der Waals surface area contributed by atoms with Crippen molar-refractivity contribution < 1.29 is 4.92 Å². The summed E-state index contributed by atoms with van der Waals surface area (Å²) in [4.78, 5) is 16.4. The average Bonchev–Trinajstić information content (AvgIpc) is 2.38. The van der Waals surface area contributed by atoms with Gasteiger partial charge < -0.3 is 10.6 Å². The molecule has 0 saturated carbocycles. The monoisotopic (exact) mass is 284 g/mol. The highest BCUT2D eigenvalue weighted by molar-refractivity contribution is 6.33. The molecule has 2 N–H and O–H groups in total. The number of nitrogens with zero attached hydrogens (tertiary/aromatic N) is 3. The summed E-state index contributed by atoms with van der Waals surface area (Å²) in [6.45, 7) is 3.55. The zero-order valence-corrected chi connectivity index (χ0v) is 11.5. The minimum Gasteiger partial charge on any atom is -0.351 e. The second-order valence-corrected chi connectivity index (χ2v) is 5.38. The lowest BCUT2D eigenvalue weighted by Gasteiger charge is -2.39. The molecule has 1 aromatic heterocycles. The van der Waals surface area contributed by atoms with Crippen molar-refractivity contribution in [2.75, 3.05) is 18.0 Å². The van der Waals surface area contributed by atoms with Gasteiger partial charge in [0.25, 0.3) is 5.69 Å². The Kier molecular flexibility index (Phi) is 4.21. The van der Waals surface area contributed by atoms with Gasteiger partial charge >= 0.3 is 0 Å². The molecule has 6 nitrogen and oxygen atoms in total. The Morgan fingerprint density at radius 3 is 3.00 bits per heavy atom. The summed E-state index contributed by atoms with van der Waals surface area (Å²) in [5, 5.41) is 11.0. The number of nitrogens with two attached hydrogens (primary N) is 1. The van der Waals surface area contributed by atoms with Gasteiger partial charge in [-0.05, 0) is 18.8 Å². The summed E-state index contributed by atoms with van der Waals surface area (Å²) in [6.07, 6.45) is 3.28. The van der Waals surface area contributed by atoms with Crippen LogP contribution in [0.4, 0.5) is 11.5 Å². The molecule has 0 amide bonds. The minimum absolute atomic E-state index is 0.0941. The van der Waals surface area contributed by atoms with Crippen LogP contribution in [0.2, 0.25) is 5.02 Å². The van der Waals surface area contributed by atoms with E-state index in [0.717, 1.165) is 19.4 Å². The molecule has 1 saturated heterocycles. The molecule has 2 unspecified atom stereocenters. The van der Waals surface area contributed by atoms with E-state index in [4.69, 9.17) is 17.3 Å². The lowest BCUT2D eigenvalue weighted by Crippen LogP contribution is -2.46. The SMILES string of the molecule is CC1CCN(c2ncc([N+](=O)[O-])cc2Cl)C(CN)C1. The van der Waals surface area contributed by atoms with Crippen LogP contribution < -0.4 is 10.6 Å². The van der Waals surface area contributed by atoms with E-state index in [1.165, 1.54) is 12.3 Å². The lowest BCUT2D eigenvalue weighted by atomic mass is 9.92. The topological polar surface area (TPSA) is 85.3 Å². The van der Waals surface area contributed by atoms with Gasteiger partial charge in [0.05, 0.1) is 9.95 Å². The van der Waals surface area contributed by atoms with Crippen molar-refractivity contribution >= 4 is 23.1 Å². The van der Waals surface area contributed by atoms with Gasteiger partial charge in [-0.15, -0.1) is 0 Å². The van der Waals surface area contributed by atoms with Crippen LogP contribution >= 0.6 is 11.6 Å². The average molecular weight is 285 g/mol. The van der Waals surface area contributed by atoms with Gasteiger partial charge in [-0.2, -0.15) is 0 Å². The zero-order chi connectivity index (χ0) is 14.0. The Morgan fingerprint density at radius 1 is 1.68 bits per heavy atom. The molecule has 0 aliphatic carbocycles. The van der Waals surface area contributed by atoms with E-state index < -0.39 is 4.92 Å². The molecule has 0 radical (unpaired) electrons. The van der Waals surface area contributed by atoms with E-state index in [2.05, 4.69) is 16.8 Å². The van der Waals surface area contributed by atoms with Crippen molar-refractivity contribution in [1.29, 1.82) is 0 Å². The maximum atomic E-state index is 10.7. The lowest BCUT2D eigenvalue weighted by molar-refractivity contribution is -0.385. The summed E-state index contributed by atoms with van der Waals surface area (Å²) in [5.41, 5.74) is 5.71. The quantitative estimate of drug-likeness (QED) is 0.679. The van der Waals surface area contributed by atoms with Crippen molar-refractivity contribution in [3.8, 4) is 0 Å². The third-order valence-corrected chi connectivity index (χ3v) is 3.82. The van der Waals surface area contributed by atoms with Crippen LogP contribution in [0.5, 0.6) is 0 Å². The second-order valence-electron chi connectivity index (χ2n) is 4.97. The molecule has 0 spiro atoms. The van der Waals surface area contributed by atoms with Crippen molar-refractivity contribution in [2.24, 2.45) is 11.7 Å².